The van der Waals surface area contributed by atoms with Crippen LogP contribution in [-0.4, -0.2) is 19.8 Å². The highest BCUT2D eigenvalue weighted by molar-refractivity contribution is 5.29. The van der Waals surface area contributed by atoms with E-state index in [1.165, 1.54) is 30.4 Å². The van der Waals surface area contributed by atoms with E-state index in [1.54, 1.807) is 7.11 Å². The highest BCUT2D eigenvalue weighted by atomic mass is 16.5. The Labute approximate surface area is 171 Å². The van der Waals surface area contributed by atoms with Gasteiger partial charge in [0.15, 0.2) is 0 Å². The second-order valence-corrected chi connectivity index (χ2v) is 8.32. The molecule has 1 atom stereocenters. The van der Waals surface area contributed by atoms with Gasteiger partial charge < -0.3 is 14.8 Å². The number of rotatable bonds is 12. The zero-order valence-corrected chi connectivity index (χ0v) is 18.3. The topological polar surface area (TPSA) is 35.1 Å². The number of benzene rings is 2. The molecule has 0 bridgehead atoms. The SMILES string of the molecule is COc1ccc([C@@H](CC[NH2+]Cc2ccc(OC(C)C)cc2)CCC(C)C)cc1. The molecule has 2 N–H and O–H groups in total. The van der Waals surface area contributed by atoms with E-state index in [2.05, 4.69) is 81.5 Å². The van der Waals surface area contributed by atoms with Crippen molar-refractivity contribution >= 4 is 0 Å². The second kappa shape index (κ2) is 11.8. The van der Waals surface area contributed by atoms with Crippen molar-refractivity contribution in [3.63, 3.8) is 0 Å². The van der Waals surface area contributed by atoms with Gasteiger partial charge in [0.1, 0.15) is 18.0 Å². The van der Waals surface area contributed by atoms with Crippen molar-refractivity contribution in [1.82, 2.24) is 0 Å². The van der Waals surface area contributed by atoms with Crippen molar-refractivity contribution in [1.29, 1.82) is 0 Å². The normalized spacial score (nSPS) is 12.4. The first-order chi connectivity index (χ1) is 13.5. The van der Waals surface area contributed by atoms with Crippen LogP contribution < -0.4 is 14.8 Å². The van der Waals surface area contributed by atoms with E-state index in [0.717, 1.165) is 30.5 Å². The molecule has 0 spiro atoms. The summed E-state index contributed by atoms with van der Waals surface area (Å²) in [5.41, 5.74) is 2.78. The van der Waals surface area contributed by atoms with Crippen LogP contribution in [0.25, 0.3) is 0 Å². The van der Waals surface area contributed by atoms with Crippen LogP contribution >= 0.6 is 0 Å². The number of ether oxygens (including phenoxy) is 2. The average molecular weight is 385 g/mol. The van der Waals surface area contributed by atoms with Crippen molar-refractivity contribution in [2.45, 2.75) is 65.5 Å². The second-order valence-electron chi connectivity index (χ2n) is 8.32. The molecule has 0 heterocycles. The van der Waals surface area contributed by atoms with Gasteiger partial charge >= 0.3 is 0 Å². The van der Waals surface area contributed by atoms with Gasteiger partial charge in [-0.25, -0.2) is 0 Å². The highest BCUT2D eigenvalue weighted by Crippen LogP contribution is 2.27. The van der Waals surface area contributed by atoms with E-state index < -0.39 is 0 Å². The lowest BCUT2D eigenvalue weighted by Crippen LogP contribution is -2.82. The maximum absolute atomic E-state index is 5.72. The molecule has 0 radical (unpaired) electrons. The van der Waals surface area contributed by atoms with Gasteiger partial charge in [-0.05, 0) is 74.1 Å². The quantitative estimate of drug-likeness (QED) is 0.513. The van der Waals surface area contributed by atoms with Gasteiger partial charge in [-0.1, -0.05) is 32.4 Å². The fraction of sp³-hybridized carbons (Fsp3) is 0.520. The van der Waals surface area contributed by atoms with E-state index in [-0.39, 0.29) is 6.10 Å². The molecule has 3 nitrogen and oxygen atoms in total. The fourth-order valence-corrected chi connectivity index (χ4v) is 3.45. The molecular weight excluding hydrogens is 346 g/mol. The Hall–Kier alpha value is -2.00. The molecule has 0 aromatic heterocycles. The first-order valence-electron chi connectivity index (χ1n) is 10.7. The minimum Gasteiger partial charge on any atom is -0.497 e. The summed E-state index contributed by atoms with van der Waals surface area (Å²) in [5, 5.41) is 2.42. The van der Waals surface area contributed by atoms with Crippen molar-refractivity contribution < 1.29 is 14.8 Å². The number of quaternary nitrogens is 1. The van der Waals surface area contributed by atoms with Crippen molar-refractivity contribution in [3.8, 4) is 11.5 Å². The molecule has 2 aromatic carbocycles. The first kappa shape index (κ1) is 22.3. The van der Waals surface area contributed by atoms with Gasteiger partial charge in [0.05, 0.1) is 19.8 Å². The third-order valence-corrected chi connectivity index (χ3v) is 5.07. The van der Waals surface area contributed by atoms with Crippen LogP contribution in [0, 0.1) is 5.92 Å². The van der Waals surface area contributed by atoms with Gasteiger partial charge in [-0.15, -0.1) is 0 Å². The molecule has 0 aliphatic rings. The Balaban J connectivity index is 1.84. The molecule has 28 heavy (non-hydrogen) atoms. The molecule has 2 aromatic rings. The maximum atomic E-state index is 5.72. The smallest absolute Gasteiger partial charge is 0.119 e. The molecule has 0 saturated carbocycles. The standard InChI is InChI=1S/C25H37NO2/c1-19(2)6-9-23(22-10-14-24(27-5)15-11-22)16-17-26-18-21-7-12-25(13-8-21)28-20(3)4/h7-8,10-15,19-20,23,26H,6,9,16-18H2,1-5H3/p+1/t23-/m1/s1. The summed E-state index contributed by atoms with van der Waals surface area (Å²) in [6.07, 6.45) is 3.94. The van der Waals surface area contributed by atoms with Gasteiger partial charge in [-0.2, -0.15) is 0 Å². The Morgan fingerprint density at radius 1 is 0.786 bits per heavy atom. The molecule has 3 heteroatoms. The van der Waals surface area contributed by atoms with Crippen LogP contribution in [0.5, 0.6) is 11.5 Å². The number of methoxy groups -OCH3 is 1. The van der Waals surface area contributed by atoms with Crippen molar-refractivity contribution in [2.75, 3.05) is 13.7 Å². The number of hydrogen-bond acceptors (Lipinski definition) is 2. The van der Waals surface area contributed by atoms with Crippen LogP contribution in [0.15, 0.2) is 48.5 Å². The lowest BCUT2D eigenvalue weighted by Gasteiger charge is -2.18. The molecule has 0 amide bonds. The summed E-state index contributed by atoms with van der Waals surface area (Å²) in [5.74, 6) is 3.25. The molecule has 0 unspecified atom stereocenters. The van der Waals surface area contributed by atoms with Gasteiger partial charge in [0, 0.05) is 12.0 Å². The summed E-state index contributed by atoms with van der Waals surface area (Å²) in [6.45, 7) is 10.9. The summed E-state index contributed by atoms with van der Waals surface area (Å²) >= 11 is 0. The van der Waals surface area contributed by atoms with Crippen LogP contribution in [0.3, 0.4) is 0 Å². The third-order valence-electron chi connectivity index (χ3n) is 5.07. The minimum atomic E-state index is 0.220. The highest BCUT2D eigenvalue weighted by Gasteiger charge is 2.13. The summed E-state index contributed by atoms with van der Waals surface area (Å²) in [4.78, 5) is 0. The summed E-state index contributed by atoms with van der Waals surface area (Å²) in [6, 6.07) is 17.1. The molecule has 0 aliphatic carbocycles. The maximum Gasteiger partial charge on any atom is 0.119 e. The van der Waals surface area contributed by atoms with Gasteiger partial charge in [0.25, 0.3) is 0 Å². The predicted octanol–water partition coefficient (Wildman–Crippen LogP) is 5.16. The summed E-state index contributed by atoms with van der Waals surface area (Å²) in [7, 11) is 1.72. The number of hydrogen-bond donors (Lipinski definition) is 1. The first-order valence-corrected chi connectivity index (χ1v) is 10.7. The van der Waals surface area contributed by atoms with E-state index in [9.17, 15) is 0 Å². The zero-order chi connectivity index (χ0) is 20.4. The monoisotopic (exact) mass is 384 g/mol. The van der Waals surface area contributed by atoms with Crippen LogP contribution in [0.2, 0.25) is 0 Å². The van der Waals surface area contributed by atoms with E-state index >= 15 is 0 Å². The molecule has 154 valence electrons. The molecule has 2 rings (SSSR count). The predicted molar refractivity (Wildman–Crippen MR) is 117 cm³/mol. The minimum absolute atomic E-state index is 0.220. The average Bonchev–Trinajstić information content (AvgIpc) is 2.68. The van der Waals surface area contributed by atoms with Crippen LogP contribution in [-0.2, 0) is 6.54 Å². The Morgan fingerprint density at radius 3 is 2.00 bits per heavy atom. The largest absolute Gasteiger partial charge is 0.497 e. The number of nitrogens with two attached hydrogens (primary N) is 1. The van der Waals surface area contributed by atoms with E-state index in [4.69, 9.17) is 9.47 Å². The Bertz CT molecular complexity index is 662. The van der Waals surface area contributed by atoms with Crippen molar-refractivity contribution in [2.24, 2.45) is 5.92 Å². The van der Waals surface area contributed by atoms with Gasteiger partial charge in [-0.3, -0.25) is 0 Å². The van der Waals surface area contributed by atoms with E-state index in [0.29, 0.717) is 5.92 Å². The van der Waals surface area contributed by atoms with Crippen molar-refractivity contribution in [3.05, 3.63) is 59.7 Å². The molecule has 0 saturated heterocycles. The Morgan fingerprint density at radius 2 is 1.43 bits per heavy atom. The van der Waals surface area contributed by atoms with E-state index in [1.807, 2.05) is 0 Å². The fourth-order valence-electron chi connectivity index (χ4n) is 3.45. The molecule has 0 aliphatic heterocycles. The van der Waals surface area contributed by atoms with Gasteiger partial charge in [0.2, 0.25) is 0 Å². The molecular formula is C25H38NO2+. The van der Waals surface area contributed by atoms with Crippen LogP contribution in [0.1, 0.15) is 64.0 Å². The lowest BCUT2D eigenvalue weighted by atomic mass is 9.88. The zero-order valence-electron chi connectivity index (χ0n) is 18.3. The molecule has 0 fully saturated rings. The summed E-state index contributed by atoms with van der Waals surface area (Å²) < 4.78 is 11.0. The lowest BCUT2D eigenvalue weighted by molar-refractivity contribution is -0.671. The van der Waals surface area contributed by atoms with Crippen LogP contribution in [0.4, 0.5) is 0 Å². The Kier molecular flexibility index (Phi) is 9.36. The third kappa shape index (κ3) is 7.93.